The standard InChI is InChI=1S/C31H41N/c1-3-5-7-8-9-10-12-26-13-15-27(16-14-26)17-18-28-19-22-30(23-20-28)31-24-21-29(25-32-31)11-6-4-2/h13-16,19-25H,3-12,17-18H2,1-2H3. The van der Waals surface area contributed by atoms with Gasteiger partial charge in [-0.25, -0.2) is 0 Å². The molecule has 0 fully saturated rings. The highest BCUT2D eigenvalue weighted by Gasteiger charge is 2.02. The second-order valence-corrected chi connectivity index (χ2v) is 9.19. The number of aromatic nitrogens is 1. The molecule has 2 aromatic carbocycles. The van der Waals surface area contributed by atoms with E-state index in [1.54, 1.807) is 0 Å². The van der Waals surface area contributed by atoms with Crippen molar-refractivity contribution in [2.24, 2.45) is 0 Å². The van der Waals surface area contributed by atoms with E-state index in [1.807, 2.05) is 6.20 Å². The Morgan fingerprint density at radius 1 is 0.469 bits per heavy atom. The van der Waals surface area contributed by atoms with Crippen molar-refractivity contribution in [3.8, 4) is 11.3 Å². The molecule has 3 rings (SSSR count). The minimum Gasteiger partial charge on any atom is -0.256 e. The summed E-state index contributed by atoms with van der Waals surface area (Å²) in [6.45, 7) is 4.51. The van der Waals surface area contributed by atoms with Crippen LogP contribution in [0, 0.1) is 0 Å². The molecular weight excluding hydrogens is 386 g/mol. The SMILES string of the molecule is CCCCCCCCc1ccc(CCc2ccc(-c3ccc(CCCC)cn3)cc2)cc1. The number of rotatable bonds is 14. The van der Waals surface area contributed by atoms with E-state index in [2.05, 4.69) is 79.5 Å². The minimum atomic E-state index is 1.07. The summed E-state index contributed by atoms with van der Waals surface area (Å²) in [5.74, 6) is 0. The van der Waals surface area contributed by atoms with Crippen LogP contribution in [-0.2, 0) is 25.7 Å². The van der Waals surface area contributed by atoms with E-state index in [0.717, 1.165) is 25.0 Å². The van der Waals surface area contributed by atoms with E-state index in [0.29, 0.717) is 0 Å². The van der Waals surface area contributed by atoms with Crippen molar-refractivity contribution >= 4 is 0 Å². The zero-order chi connectivity index (χ0) is 22.4. The topological polar surface area (TPSA) is 12.9 Å². The molecule has 0 aliphatic rings. The van der Waals surface area contributed by atoms with E-state index in [-0.39, 0.29) is 0 Å². The third-order valence-corrected chi connectivity index (χ3v) is 6.44. The molecule has 3 aromatic rings. The molecule has 0 aliphatic carbocycles. The van der Waals surface area contributed by atoms with Crippen molar-refractivity contribution in [2.45, 2.75) is 90.9 Å². The molecule has 1 nitrogen and oxygen atoms in total. The predicted molar refractivity (Wildman–Crippen MR) is 139 cm³/mol. The quantitative estimate of drug-likeness (QED) is 0.234. The third kappa shape index (κ3) is 8.26. The molecule has 0 N–H and O–H groups in total. The summed E-state index contributed by atoms with van der Waals surface area (Å²) in [7, 11) is 0. The molecule has 1 heterocycles. The van der Waals surface area contributed by atoms with Crippen LogP contribution in [-0.4, -0.2) is 4.98 Å². The highest BCUT2D eigenvalue weighted by atomic mass is 14.7. The predicted octanol–water partition coefficient (Wildman–Crippen LogP) is 8.78. The highest BCUT2D eigenvalue weighted by molar-refractivity contribution is 5.59. The molecule has 0 saturated carbocycles. The van der Waals surface area contributed by atoms with Crippen molar-refractivity contribution < 1.29 is 0 Å². The molecule has 0 atom stereocenters. The zero-order valence-electron chi connectivity index (χ0n) is 20.3. The largest absolute Gasteiger partial charge is 0.256 e. The number of nitrogens with zero attached hydrogens (tertiary/aromatic N) is 1. The number of hydrogen-bond donors (Lipinski definition) is 0. The molecule has 0 spiro atoms. The normalized spacial score (nSPS) is 11.1. The lowest BCUT2D eigenvalue weighted by Crippen LogP contribution is -1.93. The van der Waals surface area contributed by atoms with E-state index < -0.39 is 0 Å². The third-order valence-electron chi connectivity index (χ3n) is 6.44. The Balaban J connectivity index is 1.43. The second-order valence-electron chi connectivity index (χ2n) is 9.19. The molecule has 0 aliphatic heterocycles. The lowest BCUT2D eigenvalue weighted by atomic mass is 9.99. The van der Waals surface area contributed by atoms with Crippen molar-refractivity contribution in [3.05, 3.63) is 89.1 Å². The van der Waals surface area contributed by atoms with E-state index >= 15 is 0 Å². The Bertz CT molecular complexity index is 875. The van der Waals surface area contributed by atoms with Gasteiger partial charge < -0.3 is 0 Å². The molecule has 0 amide bonds. The van der Waals surface area contributed by atoms with Crippen LogP contribution in [0.15, 0.2) is 66.9 Å². The lowest BCUT2D eigenvalue weighted by molar-refractivity contribution is 0.607. The first-order valence-electron chi connectivity index (χ1n) is 12.9. The number of unbranched alkanes of at least 4 members (excludes halogenated alkanes) is 6. The van der Waals surface area contributed by atoms with Crippen molar-refractivity contribution in [1.29, 1.82) is 0 Å². The summed E-state index contributed by atoms with van der Waals surface area (Å²) < 4.78 is 0. The summed E-state index contributed by atoms with van der Waals surface area (Å²) in [5, 5.41) is 0. The van der Waals surface area contributed by atoms with Gasteiger partial charge >= 0.3 is 0 Å². The summed E-state index contributed by atoms with van der Waals surface area (Å²) in [6, 6.07) is 22.6. The first-order chi connectivity index (χ1) is 15.8. The molecule has 0 bridgehead atoms. The van der Waals surface area contributed by atoms with Gasteiger partial charge in [-0.1, -0.05) is 107 Å². The van der Waals surface area contributed by atoms with Gasteiger partial charge in [0.05, 0.1) is 5.69 Å². The van der Waals surface area contributed by atoms with Crippen LogP contribution in [0.4, 0.5) is 0 Å². The average Bonchev–Trinajstić information content (AvgIpc) is 2.85. The Kier molecular flexibility index (Phi) is 10.5. The fourth-order valence-electron chi connectivity index (χ4n) is 4.24. The summed E-state index contributed by atoms with van der Waals surface area (Å²) >= 11 is 0. The molecule has 1 heteroatoms. The van der Waals surface area contributed by atoms with E-state index in [4.69, 9.17) is 0 Å². The molecule has 0 unspecified atom stereocenters. The maximum absolute atomic E-state index is 4.67. The van der Waals surface area contributed by atoms with Crippen LogP contribution < -0.4 is 0 Å². The van der Waals surface area contributed by atoms with Gasteiger partial charge in [0.2, 0.25) is 0 Å². The molecule has 0 radical (unpaired) electrons. The van der Waals surface area contributed by atoms with Crippen LogP contribution in [0.25, 0.3) is 11.3 Å². The van der Waals surface area contributed by atoms with Gasteiger partial charge in [-0.2, -0.15) is 0 Å². The maximum Gasteiger partial charge on any atom is 0.0702 e. The summed E-state index contributed by atoms with van der Waals surface area (Å²) in [6.07, 6.45) is 17.2. The first kappa shape index (κ1) is 24.2. The zero-order valence-corrected chi connectivity index (χ0v) is 20.3. The Morgan fingerprint density at radius 2 is 0.969 bits per heavy atom. The molecule has 0 saturated heterocycles. The maximum atomic E-state index is 4.67. The Labute approximate surface area is 196 Å². The molecule has 170 valence electrons. The van der Waals surface area contributed by atoms with E-state index in [1.165, 1.54) is 85.6 Å². The summed E-state index contributed by atoms with van der Waals surface area (Å²) in [5.41, 5.74) is 7.93. The van der Waals surface area contributed by atoms with Crippen LogP contribution in [0.2, 0.25) is 0 Å². The van der Waals surface area contributed by atoms with E-state index in [9.17, 15) is 0 Å². The van der Waals surface area contributed by atoms with Crippen molar-refractivity contribution in [3.63, 3.8) is 0 Å². The molecule has 1 aromatic heterocycles. The monoisotopic (exact) mass is 427 g/mol. The number of pyridine rings is 1. The van der Waals surface area contributed by atoms with Crippen LogP contribution >= 0.6 is 0 Å². The fourth-order valence-corrected chi connectivity index (χ4v) is 4.24. The van der Waals surface area contributed by atoms with Crippen LogP contribution in [0.1, 0.15) is 87.5 Å². The van der Waals surface area contributed by atoms with Gasteiger partial charge in [0.15, 0.2) is 0 Å². The van der Waals surface area contributed by atoms with Crippen LogP contribution in [0.3, 0.4) is 0 Å². The smallest absolute Gasteiger partial charge is 0.0702 e. The average molecular weight is 428 g/mol. The highest BCUT2D eigenvalue weighted by Crippen LogP contribution is 2.19. The molecule has 32 heavy (non-hydrogen) atoms. The summed E-state index contributed by atoms with van der Waals surface area (Å²) in [4.78, 5) is 4.67. The van der Waals surface area contributed by atoms with Crippen molar-refractivity contribution in [1.82, 2.24) is 4.98 Å². The van der Waals surface area contributed by atoms with Gasteiger partial charge in [-0.3, -0.25) is 4.98 Å². The lowest BCUT2D eigenvalue weighted by Gasteiger charge is -2.07. The van der Waals surface area contributed by atoms with Crippen molar-refractivity contribution in [2.75, 3.05) is 0 Å². The number of benzene rings is 2. The molecular formula is C31H41N. The van der Waals surface area contributed by atoms with Gasteiger partial charge in [-0.15, -0.1) is 0 Å². The van der Waals surface area contributed by atoms with Crippen LogP contribution in [0.5, 0.6) is 0 Å². The minimum absolute atomic E-state index is 1.07. The second kappa shape index (κ2) is 13.9. The Hall–Kier alpha value is -2.41. The number of hydrogen-bond acceptors (Lipinski definition) is 1. The van der Waals surface area contributed by atoms with Gasteiger partial charge in [-0.05, 0) is 66.8 Å². The first-order valence-corrected chi connectivity index (χ1v) is 12.9. The Morgan fingerprint density at radius 3 is 1.56 bits per heavy atom. The van der Waals surface area contributed by atoms with Gasteiger partial charge in [0.1, 0.15) is 0 Å². The number of aryl methyl sites for hydroxylation is 4. The fraction of sp³-hybridized carbons (Fsp3) is 0.452. The van der Waals surface area contributed by atoms with Gasteiger partial charge in [0.25, 0.3) is 0 Å². The van der Waals surface area contributed by atoms with Gasteiger partial charge in [0, 0.05) is 11.8 Å².